The quantitative estimate of drug-likeness (QED) is 0.357. The highest BCUT2D eigenvalue weighted by Gasteiger charge is 2.07. The van der Waals surface area contributed by atoms with Crippen molar-refractivity contribution in [2.24, 2.45) is 5.84 Å². The van der Waals surface area contributed by atoms with Crippen molar-refractivity contribution in [3.8, 4) is 0 Å². The molecule has 0 radical (unpaired) electrons. The van der Waals surface area contributed by atoms with E-state index in [0.29, 0.717) is 0 Å². The first kappa shape index (κ1) is 11.9. The van der Waals surface area contributed by atoms with Crippen LogP contribution in [0.3, 0.4) is 0 Å². The van der Waals surface area contributed by atoms with Crippen LogP contribution in [-0.2, 0) is 0 Å². The van der Waals surface area contributed by atoms with E-state index in [0.717, 1.165) is 11.4 Å². The van der Waals surface area contributed by atoms with Gasteiger partial charge in [-0.1, -0.05) is 6.92 Å². The van der Waals surface area contributed by atoms with Crippen molar-refractivity contribution < 1.29 is 4.79 Å². The van der Waals surface area contributed by atoms with Crippen molar-refractivity contribution in [3.63, 3.8) is 0 Å². The summed E-state index contributed by atoms with van der Waals surface area (Å²) in [4.78, 5) is 13.9. The number of hydrazine groups is 1. The van der Waals surface area contributed by atoms with Crippen LogP contribution < -0.4 is 16.2 Å². The number of nitrogens with zero attached hydrogens (tertiary/aromatic N) is 1. The Morgan fingerprint density at radius 1 is 1.47 bits per heavy atom. The number of hydrogen-bond acceptors (Lipinski definition) is 3. The van der Waals surface area contributed by atoms with E-state index in [2.05, 4.69) is 12.3 Å². The Labute approximate surface area is 93.8 Å². The first-order chi connectivity index (χ1) is 7.19. The standard InChI is InChI=1S/C10H15N3OS/c1-3-15-9-6-4-8(5-7-9)13(2)10(14)12-11/h4-7H,3,11H2,1-2H3,(H,12,14). The number of carbonyl (C=O) groups excluding carboxylic acids is 1. The Balaban J connectivity index is 2.75. The normalized spacial score (nSPS) is 9.80. The highest BCUT2D eigenvalue weighted by atomic mass is 32.2. The molecule has 0 fully saturated rings. The molecule has 2 amide bonds. The van der Waals surface area contributed by atoms with Gasteiger partial charge in [0.05, 0.1) is 0 Å². The third-order valence-corrected chi connectivity index (χ3v) is 2.86. The number of benzene rings is 1. The van der Waals surface area contributed by atoms with Gasteiger partial charge in [-0.3, -0.25) is 10.3 Å². The fourth-order valence-electron chi connectivity index (χ4n) is 1.15. The van der Waals surface area contributed by atoms with Crippen LogP contribution in [0.15, 0.2) is 29.2 Å². The van der Waals surface area contributed by atoms with E-state index >= 15 is 0 Å². The van der Waals surface area contributed by atoms with Gasteiger partial charge in [-0.15, -0.1) is 11.8 Å². The molecule has 0 spiro atoms. The number of amides is 2. The monoisotopic (exact) mass is 225 g/mol. The van der Waals surface area contributed by atoms with E-state index < -0.39 is 0 Å². The Morgan fingerprint density at radius 3 is 2.53 bits per heavy atom. The van der Waals surface area contributed by atoms with Gasteiger partial charge in [0.1, 0.15) is 0 Å². The van der Waals surface area contributed by atoms with Crippen LogP contribution >= 0.6 is 11.8 Å². The summed E-state index contributed by atoms with van der Waals surface area (Å²) in [7, 11) is 1.67. The zero-order valence-electron chi connectivity index (χ0n) is 8.86. The molecule has 0 saturated heterocycles. The second kappa shape index (κ2) is 5.63. The molecule has 0 aliphatic carbocycles. The molecule has 5 heteroatoms. The van der Waals surface area contributed by atoms with Gasteiger partial charge in [0.15, 0.2) is 0 Å². The van der Waals surface area contributed by atoms with E-state index in [-0.39, 0.29) is 6.03 Å². The van der Waals surface area contributed by atoms with Crippen LogP contribution in [0.5, 0.6) is 0 Å². The van der Waals surface area contributed by atoms with Gasteiger partial charge in [0, 0.05) is 17.6 Å². The molecule has 0 aliphatic rings. The summed E-state index contributed by atoms with van der Waals surface area (Å²) in [6, 6.07) is 7.44. The Hall–Kier alpha value is -1.20. The number of carbonyl (C=O) groups is 1. The number of urea groups is 1. The molecule has 0 saturated carbocycles. The molecule has 82 valence electrons. The predicted octanol–water partition coefficient (Wildman–Crippen LogP) is 1.82. The molecule has 4 nitrogen and oxygen atoms in total. The van der Waals surface area contributed by atoms with E-state index in [1.165, 1.54) is 9.80 Å². The third kappa shape index (κ3) is 3.14. The first-order valence-corrected chi connectivity index (χ1v) is 5.64. The molecule has 0 bridgehead atoms. The average Bonchev–Trinajstić information content (AvgIpc) is 2.28. The molecular formula is C10H15N3OS. The molecule has 0 heterocycles. The van der Waals surface area contributed by atoms with Crippen LogP contribution in [0.4, 0.5) is 10.5 Å². The molecular weight excluding hydrogens is 210 g/mol. The minimum Gasteiger partial charge on any atom is -0.296 e. The molecule has 0 atom stereocenters. The molecule has 1 rings (SSSR count). The molecule has 1 aromatic carbocycles. The van der Waals surface area contributed by atoms with Gasteiger partial charge in [0.2, 0.25) is 0 Å². The zero-order chi connectivity index (χ0) is 11.3. The van der Waals surface area contributed by atoms with Crippen LogP contribution in [-0.4, -0.2) is 18.8 Å². The SMILES string of the molecule is CCSc1ccc(N(C)C(=O)NN)cc1. The number of rotatable bonds is 3. The molecule has 0 aromatic heterocycles. The molecule has 1 aromatic rings. The van der Waals surface area contributed by atoms with Crippen molar-refractivity contribution in [1.29, 1.82) is 0 Å². The minimum absolute atomic E-state index is 0.328. The van der Waals surface area contributed by atoms with Gasteiger partial charge in [0.25, 0.3) is 0 Å². The predicted molar refractivity (Wildman–Crippen MR) is 64.0 cm³/mol. The van der Waals surface area contributed by atoms with E-state index in [9.17, 15) is 4.79 Å². The fourth-order valence-corrected chi connectivity index (χ4v) is 1.81. The lowest BCUT2D eigenvalue weighted by atomic mass is 10.3. The molecule has 0 unspecified atom stereocenters. The van der Waals surface area contributed by atoms with Crippen molar-refractivity contribution in [2.45, 2.75) is 11.8 Å². The van der Waals surface area contributed by atoms with Crippen molar-refractivity contribution in [3.05, 3.63) is 24.3 Å². The average molecular weight is 225 g/mol. The lowest BCUT2D eigenvalue weighted by Gasteiger charge is -2.16. The molecule has 3 N–H and O–H groups in total. The largest absolute Gasteiger partial charge is 0.335 e. The second-order valence-corrected chi connectivity index (χ2v) is 4.27. The van der Waals surface area contributed by atoms with Crippen molar-refractivity contribution in [2.75, 3.05) is 17.7 Å². The van der Waals surface area contributed by atoms with Gasteiger partial charge in [-0.25, -0.2) is 10.6 Å². The van der Waals surface area contributed by atoms with Crippen LogP contribution in [0.25, 0.3) is 0 Å². The summed E-state index contributed by atoms with van der Waals surface area (Å²) in [6.45, 7) is 2.10. The maximum absolute atomic E-state index is 11.2. The summed E-state index contributed by atoms with van der Waals surface area (Å²) in [5.74, 6) is 6.08. The Morgan fingerprint density at radius 2 is 2.07 bits per heavy atom. The van der Waals surface area contributed by atoms with Crippen molar-refractivity contribution >= 4 is 23.5 Å². The topological polar surface area (TPSA) is 58.4 Å². The number of nitrogens with one attached hydrogen (secondary N) is 1. The summed E-state index contributed by atoms with van der Waals surface area (Å²) < 4.78 is 0. The van der Waals surface area contributed by atoms with Crippen LogP contribution in [0, 0.1) is 0 Å². The number of thioether (sulfide) groups is 1. The smallest absolute Gasteiger partial charge is 0.296 e. The number of hydrogen-bond donors (Lipinski definition) is 2. The van der Waals surface area contributed by atoms with Gasteiger partial charge >= 0.3 is 6.03 Å². The lowest BCUT2D eigenvalue weighted by Crippen LogP contribution is -2.41. The maximum atomic E-state index is 11.2. The summed E-state index contributed by atoms with van der Waals surface area (Å²) in [6.07, 6.45) is 0. The zero-order valence-corrected chi connectivity index (χ0v) is 9.67. The third-order valence-electron chi connectivity index (χ3n) is 1.96. The van der Waals surface area contributed by atoms with Crippen molar-refractivity contribution in [1.82, 2.24) is 5.43 Å². The first-order valence-electron chi connectivity index (χ1n) is 4.66. The van der Waals surface area contributed by atoms with Crippen LogP contribution in [0.1, 0.15) is 6.92 Å². The Bertz CT molecular complexity index is 326. The second-order valence-electron chi connectivity index (χ2n) is 2.94. The van der Waals surface area contributed by atoms with E-state index in [1.54, 1.807) is 18.8 Å². The van der Waals surface area contributed by atoms with E-state index in [4.69, 9.17) is 5.84 Å². The van der Waals surface area contributed by atoms with E-state index in [1.807, 2.05) is 24.3 Å². The lowest BCUT2D eigenvalue weighted by molar-refractivity contribution is 0.247. The maximum Gasteiger partial charge on any atom is 0.335 e. The number of anilines is 1. The van der Waals surface area contributed by atoms with Gasteiger partial charge < -0.3 is 0 Å². The highest BCUT2D eigenvalue weighted by Crippen LogP contribution is 2.21. The summed E-state index contributed by atoms with van der Waals surface area (Å²) >= 11 is 1.77. The molecule has 0 aliphatic heterocycles. The minimum atomic E-state index is -0.328. The molecule has 15 heavy (non-hydrogen) atoms. The fraction of sp³-hybridized carbons (Fsp3) is 0.300. The summed E-state index contributed by atoms with van der Waals surface area (Å²) in [5.41, 5.74) is 2.90. The van der Waals surface area contributed by atoms with Gasteiger partial charge in [-0.2, -0.15) is 0 Å². The Kier molecular flexibility index (Phi) is 4.45. The van der Waals surface area contributed by atoms with Crippen LogP contribution in [0.2, 0.25) is 0 Å². The highest BCUT2D eigenvalue weighted by molar-refractivity contribution is 7.99. The number of nitrogens with two attached hydrogens (primary N) is 1. The summed E-state index contributed by atoms with van der Waals surface area (Å²) in [5, 5.41) is 0. The van der Waals surface area contributed by atoms with Gasteiger partial charge in [-0.05, 0) is 30.0 Å².